The van der Waals surface area contributed by atoms with Crippen LogP contribution in [0.2, 0.25) is 0 Å². The van der Waals surface area contributed by atoms with Crippen LogP contribution in [-0.2, 0) is 21.2 Å². The van der Waals surface area contributed by atoms with Gasteiger partial charge in [0.2, 0.25) is 0 Å². The summed E-state index contributed by atoms with van der Waals surface area (Å²) in [6.45, 7) is 2.07. The number of hydrogen-bond acceptors (Lipinski definition) is 6. The number of anilines is 1. The Morgan fingerprint density at radius 2 is 1.86 bits per heavy atom. The standard InChI is InChI=1S/C19H20N4O4S/c1-3-6-14-9-11-15(12-10-14)28(25,26)21-16-7-4-5-8-18(16)23-13-17(20-22-23)19(24)27-2/h4-5,7-13,21H,3,6H2,1-2H3. The first-order chi connectivity index (χ1) is 13.4. The number of para-hydroxylation sites is 2. The zero-order valence-corrected chi connectivity index (χ0v) is 16.3. The van der Waals surface area contributed by atoms with Crippen molar-refractivity contribution < 1.29 is 17.9 Å². The molecule has 1 N–H and O–H groups in total. The molecule has 0 aliphatic heterocycles. The van der Waals surface area contributed by atoms with Crippen LogP contribution in [0.5, 0.6) is 0 Å². The molecule has 0 atom stereocenters. The minimum Gasteiger partial charge on any atom is -0.464 e. The highest BCUT2D eigenvalue weighted by molar-refractivity contribution is 7.92. The maximum Gasteiger partial charge on any atom is 0.360 e. The number of carbonyl (C=O) groups is 1. The molecule has 8 nitrogen and oxygen atoms in total. The fourth-order valence-electron chi connectivity index (χ4n) is 2.67. The lowest BCUT2D eigenvalue weighted by Gasteiger charge is -2.12. The van der Waals surface area contributed by atoms with Gasteiger partial charge in [-0.3, -0.25) is 4.72 Å². The van der Waals surface area contributed by atoms with Gasteiger partial charge in [-0.25, -0.2) is 17.9 Å². The lowest BCUT2D eigenvalue weighted by atomic mass is 10.1. The summed E-state index contributed by atoms with van der Waals surface area (Å²) in [7, 11) is -2.55. The van der Waals surface area contributed by atoms with E-state index >= 15 is 0 Å². The van der Waals surface area contributed by atoms with Crippen LogP contribution in [0.1, 0.15) is 29.4 Å². The minimum absolute atomic E-state index is 0.0201. The maximum atomic E-state index is 12.8. The van der Waals surface area contributed by atoms with Crippen molar-refractivity contribution in [2.45, 2.75) is 24.7 Å². The van der Waals surface area contributed by atoms with Gasteiger partial charge in [0.25, 0.3) is 10.0 Å². The highest BCUT2D eigenvalue weighted by Crippen LogP contribution is 2.23. The zero-order valence-electron chi connectivity index (χ0n) is 15.5. The van der Waals surface area contributed by atoms with Gasteiger partial charge in [0.05, 0.1) is 29.6 Å². The Balaban J connectivity index is 1.90. The molecular formula is C19H20N4O4S. The summed E-state index contributed by atoms with van der Waals surface area (Å²) in [5, 5.41) is 7.63. The number of esters is 1. The normalized spacial score (nSPS) is 11.2. The zero-order chi connectivity index (χ0) is 20.1. The van der Waals surface area contributed by atoms with Gasteiger partial charge in [0.15, 0.2) is 5.69 Å². The Morgan fingerprint density at radius 1 is 1.14 bits per heavy atom. The first kappa shape index (κ1) is 19.6. The van der Waals surface area contributed by atoms with Crippen molar-refractivity contribution in [1.29, 1.82) is 0 Å². The first-order valence-corrected chi connectivity index (χ1v) is 10.1. The van der Waals surface area contributed by atoms with Crippen LogP contribution in [0, 0.1) is 0 Å². The summed E-state index contributed by atoms with van der Waals surface area (Å²) < 4.78 is 34.1. The first-order valence-electron chi connectivity index (χ1n) is 8.66. The van der Waals surface area contributed by atoms with Crippen molar-refractivity contribution in [3.05, 3.63) is 66.0 Å². The number of rotatable bonds is 7. The molecule has 2 aromatic carbocycles. The van der Waals surface area contributed by atoms with E-state index in [1.807, 2.05) is 12.1 Å². The Bertz CT molecular complexity index is 1080. The molecule has 0 bridgehead atoms. The molecule has 146 valence electrons. The number of carbonyl (C=O) groups excluding carboxylic acids is 1. The summed E-state index contributed by atoms with van der Waals surface area (Å²) >= 11 is 0. The predicted octanol–water partition coefficient (Wildman–Crippen LogP) is 2.81. The molecule has 0 saturated heterocycles. The van der Waals surface area contributed by atoms with Gasteiger partial charge in [-0.1, -0.05) is 42.8 Å². The number of methoxy groups -OCH3 is 1. The van der Waals surface area contributed by atoms with Crippen LogP contribution >= 0.6 is 0 Å². The highest BCUT2D eigenvalue weighted by atomic mass is 32.2. The van der Waals surface area contributed by atoms with E-state index in [9.17, 15) is 13.2 Å². The number of aromatic nitrogens is 3. The van der Waals surface area contributed by atoms with Crippen molar-refractivity contribution in [3.8, 4) is 5.69 Å². The number of aryl methyl sites for hydroxylation is 1. The fourth-order valence-corrected chi connectivity index (χ4v) is 3.74. The molecule has 0 amide bonds. The molecule has 28 heavy (non-hydrogen) atoms. The highest BCUT2D eigenvalue weighted by Gasteiger charge is 2.18. The van der Waals surface area contributed by atoms with Gasteiger partial charge in [0, 0.05) is 0 Å². The molecule has 0 aliphatic rings. The van der Waals surface area contributed by atoms with Gasteiger partial charge in [-0.2, -0.15) is 0 Å². The van der Waals surface area contributed by atoms with Gasteiger partial charge >= 0.3 is 5.97 Å². The minimum atomic E-state index is -3.79. The average molecular weight is 400 g/mol. The summed E-state index contributed by atoms with van der Waals surface area (Å²) in [6.07, 6.45) is 3.26. The SMILES string of the molecule is CCCc1ccc(S(=O)(=O)Nc2ccccc2-n2cc(C(=O)OC)nn2)cc1. The second kappa shape index (κ2) is 8.22. The van der Waals surface area contributed by atoms with E-state index in [-0.39, 0.29) is 10.6 Å². The largest absolute Gasteiger partial charge is 0.464 e. The van der Waals surface area contributed by atoms with E-state index < -0.39 is 16.0 Å². The van der Waals surface area contributed by atoms with Gasteiger partial charge < -0.3 is 4.74 Å². The molecular weight excluding hydrogens is 380 g/mol. The van der Waals surface area contributed by atoms with Crippen molar-refractivity contribution >= 4 is 21.7 Å². The summed E-state index contributed by atoms with van der Waals surface area (Å²) in [6, 6.07) is 13.5. The second-order valence-corrected chi connectivity index (χ2v) is 7.74. The smallest absolute Gasteiger partial charge is 0.360 e. The van der Waals surface area contributed by atoms with Crippen LogP contribution in [0.15, 0.2) is 59.6 Å². The van der Waals surface area contributed by atoms with Crippen LogP contribution in [-0.4, -0.2) is 36.5 Å². The molecule has 0 radical (unpaired) electrons. The van der Waals surface area contributed by atoms with Crippen LogP contribution < -0.4 is 4.72 Å². The summed E-state index contributed by atoms with van der Waals surface area (Å²) in [4.78, 5) is 11.7. The fraction of sp³-hybridized carbons (Fsp3) is 0.211. The second-order valence-electron chi connectivity index (χ2n) is 6.06. The molecule has 3 aromatic rings. The molecule has 9 heteroatoms. The third kappa shape index (κ3) is 4.20. The quantitative estimate of drug-likeness (QED) is 0.612. The monoisotopic (exact) mass is 400 g/mol. The summed E-state index contributed by atoms with van der Waals surface area (Å²) in [5.74, 6) is -0.628. The molecule has 1 aromatic heterocycles. The Labute approximate surface area is 163 Å². The van der Waals surface area contributed by atoms with Crippen molar-refractivity contribution in [1.82, 2.24) is 15.0 Å². The Kier molecular flexibility index (Phi) is 5.74. The van der Waals surface area contributed by atoms with E-state index in [4.69, 9.17) is 0 Å². The van der Waals surface area contributed by atoms with Gasteiger partial charge in [-0.05, 0) is 36.2 Å². The van der Waals surface area contributed by atoms with E-state index in [2.05, 4.69) is 26.7 Å². The number of nitrogens with zero attached hydrogens (tertiary/aromatic N) is 3. The molecule has 0 spiro atoms. The van der Waals surface area contributed by atoms with Gasteiger partial charge in [-0.15, -0.1) is 5.10 Å². The van der Waals surface area contributed by atoms with Crippen LogP contribution in [0.4, 0.5) is 5.69 Å². The molecule has 1 heterocycles. The molecule has 0 saturated carbocycles. The lowest BCUT2D eigenvalue weighted by molar-refractivity contribution is 0.0594. The van der Waals surface area contributed by atoms with E-state index in [0.717, 1.165) is 18.4 Å². The number of sulfonamides is 1. The Morgan fingerprint density at radius 3 is 2.54 bits per heavy atom. The van der Waals surface area contributed by atoms with Crippen molar-refractivity contribution in [2.75, 3.05) is 11.8 Å². The van der Waals surface area contributed by atoms with Crippen molar-refractivity contribution in [2.24, 2.45) is 0 Å². The van der Waals surface area contributed by atoms with E-state index in [0.29, 0.717) is 11.4 Å². The number of nitrogens with one attached hydrogen (secondary N) is 1. The molecule has 0 fully saturated rings. The van der Waals surface area contributed by atoms with Gasteiger partial charge in [0.1, 0.15) is 0 Å². The van der Waals surface area contributed by atoms with Crippen LogP contribution in [0.3, 0.4) is 0 Å². The molecule has 0 unspecified atom stereocenters. The van der Waals surface area contributed by atoms with Crippen LogP contribution in [0.25, 0.3) is 5.69 Å². The topological polar surface area (TPSA) is 103 Å². The summed E-state index contributed by atoms with van der Waals surface area (Å²) in [5.41, 5.74) is 1.84. The number of hydrogen-bond donors (Lipinski definition) is 1. The molecule has 0 aliphatic carbocycles. The van der Waals surface area contributed by atoms with Crippen molar-refractivity contribution in [3.63, 3.8) is 0 Å². The maximum absolute atomic E-state index is 12.8. The lowest BCUT2D eigenvalue weighted by Crippen LogP contribution is -2.15. The van der Waals surface area contributed by atoms with E-state index in [1.165, 1.54) is 18.0 Å². The third-order valence-electron chi connectivity index (χ3n) is 4.06. The van der Waals surface area contributed by atoms with E-state index in [1.54, 1.807) is 36.4 Å². The predicted molar refractivity (Wildman–Crippen MR) is 104 cm³/mol. The average Bonchev–Trinajstić information content (AvgIpc) is 3.18. The molecule has 3 rings (SSSR count). The number of benzene rings is 2. The number of ether oxygens (including phenoxy) is 1. The third-order valence-corrected chi connectivity index (χ3v) is 5.44. The Hall–Kier alpha value is -3.20.